The van der Waals surface area contributed by atoms with E-state index in [1.54, 1.807) is 18.9 Å². The van der Waals surface area contributed by atoms with Crippen LogP contribution in [-0.2, 0) is 24.0 Å². The highest BCUT2D eigenvalue weighted by molar-refractivity contribution is 7.18. The number of nitrogen functional groups attached to an aromatic ring is 1. The Morgan fingerprint density at radius 2 is 1.93 bits per heavy atom. The van der Waals surface area contributed by atoms with Crippen molar-refractivity contribution in [2.24, 2.45) is 0 Å². The first-order chi connectivity index (χ1) is 12.7. The van der Waals surface area contributed by atoms with Gasteiger partial charge in [0.1, 0.15) is 15.9 Å². The molecule has 0 radical (unpaired) electrons. The lowest BCUT2D eigenvalue weighted by Gasteiger charge is -2.18. The first-order valence-corrected chi connectivity index (χ1v) is 8.82. The number of alkyl halides is 3. The molecule has 0 aliphatic carbocycles. The topological polar surface area (TPSA) is 79.3 Å². The van der Waals surface area contributed by atoms with Gasteiger partial charge in [-0.25, -0.2) is 4.79 Å². The minimum Gasteiger partial charge on any atom is -0.462 e. The summed E-state index contributed by atoms with van der Waals surface area (Å²) < 4.78 is 42.9. The predicted molar refractivity (Wildman–Crippen MR) is 96.0 cm³/mol. The van der Waals surface area contributed by atoms with E-state index in [2.05, 4.69) is 0 Å². The van der Waals surface area contributed by atoms with Gasteiger partial charge in [-0.1, -0.05) is 12.1 Å². The lowest BCUT2D eigenvalue weighted by molar-refractivity contribution is -0.137. The molecule has 0 amide bonds. The van der Waals surface area contributed by atoms with Crippen molar-refractivity contribution in [3.63, 3.8) is 0 Å². The molecule has 5 nitrogen and oxygen atoms in total. The van der Waals surface area contributed by atoms with Gasteiger partial charge in [-0.3, -0.25) is 4.90 Å². The summed E-state index contributed by atoms with van der Waals surface area (Å²) in [5, 5.41) is 9.57. The fraction of sp³-hybridized carbons (Fsp3) is 0.333. The van der Waals surface area contributed by atoms with E-state index in [9.17, 15) is 23.2 Å². The Bertz CT molecular complexity index is 854. The second-order valence-corrected chi connectivity index (χ2v) is 6.90. The number of rotatable bonds is 6. The Morgan fingerprint density at radius 3 is 2.44 bits per heavy atom. The Labute approximate surface area is 158 Å². The van der Waals surface area contributed by atoms with Crippen molar-refractivity contribution in [2.45, 2.75) is 26.2 Å². The zero-order chi connectivity index (χ0) is 20.2. The molecule has 0 saturated carbocycles. The standard InChI is InChI=1S/C18H18F3N3O2S/c1-3-26-17(25)15-14(13(8-22)16(23)27-15)10-24(2)9-11-4-6-12(7-5-11)18(19,20)21/h4-7H,3,9-10,23H2,1-2H3. The van der Waals surface area contributed by atoms with Crippen LogP contribution in [-0.4, -0.2) is 24.5 Å². The van der Waals surface area contributed by atoms with Crippen molar-refractivity contribution in [1.29, 1.82) is 5.26 Å². The maximum Gasteiger partial charge on any atom is 0.416 e. The summed E-state index contributed by atoms with van der Waals surface area (Å²) in [5.74, 6) is -0.548. The van der Waals surface area contributed by atoms with E-state index in [1.807, 2.05) is 6.07 Å². The van der Waals surface area contributed by atoms with Crippen LogP contribution >= 0.6 is 11.3 Å². The molecule has 2 rings (SSSR count). The molecule has 0 spiro atoms. The number of carbonyl (C=O) groups is 1. The van der Waals surface area contributed by atoms with Crippen LogP contribution in [0.4, 0.5) is 18.2 Å². The molecule has 0 aliphatic rings. The molecule has 2 N–H and O–H groups in total. The summed E-state index contributed by atoms with van der Waals surface area (Å²) in [6.07, 6.45) is -4.38. The second-order valence-electron chi connectivity index (χ2n) is 5.85. The van der Waals surface area contributed by atoms with E-state index < -0.39 is 17.7 Å². The third-order valence-electron chi connectivity index (χ3n) is 3.77. The number of nitrogens with two attached hydrogens (primary N) is 1. The van der Waals surface area contributed by atoms with Gasteiger partial charge in [-0.05, 0) is 31.7 Å². The van der Waals surface area contributed by atoms with E-state index in [4.69, 9.17) is 10.5 Å². The lowest BCUT2D eigenvalue weighted by atomic mass is 10.1. The third kappa shape index (κ3) is 4.99. The van der Waals surface area contributed by atoms with Gasteiger partial charge in [-0.15, -0.1) is 11.3 Å². The van der Waals surface area contributed by atoms with Crippen LogP contribution in [0.1, 0.15) is 38.8 Å². The fourth-order valence-corrected chi connectivity index (χ4v) is 3.48. The quantitative estimate of drug-likeness (QED) is 0.745. The van der Waals surface area contributed by atoms with Gasteiger partial charge < -0.3 is 10.5 Å². The first kappa shape index (κ1) is 20.7. The number of ether oxygens (including phenoxy) is 1. The monoisotopic (exact) mass is 397 g/mol. The normalized spacial score (nSPS) is 11.4. The highest BCUT2D eigenvalue weighted by atomic mass is 32.1. The smallest absolute Gasteiger partial charge is 0.416 e. The van der Waals surface area contributed by atoms with E-state index in [0.717, 1.165) is 23.5 Å². The fourth-order valence-electron chi connectivity index (χ4n) is 2.56. The molecular formula is C18H18F3N3O2S. The van der Waals surface area contributed by atoms with Crippen molar-refractivity contribution >= 4 is 22.3 Å². The molecule has 9 heteroatoms. The maximum atomic E-state index is 12.6. The van der Waals surface area contributed by atoms with E-state index >= 15 is 0 Å². The Balaban J connectivity index is 2.19. The summed E-state index contributed by atoms with van der Waals surface area (Å²) in [6.45, 7) is 2.43. The zero-order valence-electron chi connectivity index (χ0n) is 14.8. The average molecular weight is 397 g/mol. The molecule has 0 aliphatic heterocycles. The number of hydrogen-bond donors (Lipinski definition) is 1. The average Bonchev–Trinajstić information content (AvgIpc) is 2.90. The van der Waals surface area contributed by atoms with Gasteiger partial charge >= 0.3 is 12.1 Å². The molecule has 0 unspecified atom stereocenters. The summed E-state index contributed by atoms with van der Waals surface area (Å²) in [5.41, 5.74) is 6.48. The van der Waals surface area contributed by atoms with Crippen molar-refractivity contribution in [3.05, 3.63) is 51.4 Å². The number of carbonyl (C=O) groups excluding carboxylic acids is 1. The van der Waals surface area contributed by atoms with Gasteiger partial charge in [0.25, 0.3) is 0 Å². The molecule has 144 valence electrons. The molecule has 1 aromatic heterocycles. The molecule has 0 atom stereocenters. The highest BCUT2D eigenvalue weighted by Gasteiger charge is 2.30. The molecule has 0 fully saturated rings. The van der Waals surface area contributed by atoms with Gasteiger partial charge in [0, 0.05) is 18.7 Å². The first-order valence-electron chi connectivity index (χ1n) is 8.00. The van der Waals surface area contributed by atoms with Crippen LogP contribution in [0.15, 0.2) is 24.3 Å². The molecule has 1 aromatic carbocycles. The van der Waals surface area contributed by atoms with E-state index in [1.165, 1.54) is 12.1 Å². The van der Waals surface area contributed by atoms with Gasteiger partial charge in [0.05, 0.1) is 17.7 Å². The number of nitrogens with zero attached hydrogens (tertiary/aromatic N) is 2. The highest BCUT2D eigenvalue weighted by Crippen LogP contribution is 2.33. The van der Waals surface area contributed by atoms with E-state index in [0.29, 0.717) is 17.7 Å². The Morgan fingerprint density at radius 1 is 1.30 bits per heavy atom. The molecule has 1 heterocycles. The SMILES string of the molecule is CCOC(=O)c1sc(N)c(C#N)c1CN(C)Cc1ccc(C(F)(F)F)cc1. The van der Waals surface area contributed by atoms with Crippen LogP contribution in [0, 0.1) is 11.3 Å². The number of halogens is 3. The van der Waals surface area contributed by atoms with Crippen molar-refractivity contribution < 1.29 is 22.7 Å². The number of nitriles is 1. The Kier molecular flexibility index (Phi) is 6.46. The van der Waals surface area contributed by atoms with Crippen LogP contribution in [0.5, 0.6) is 0 Å². The van der Waals surface area contributed by atoms with Crippen LogP contribution in [0.2, 0.25) is 0 Å². The molecule has 27 heavy (non-hydrogen) atoms. The summed E-state index contributed by atoms with van der Waals surface area (Å²) in [6, 6.07) is 6.85. The van der Waals surface area contributed by atoms with Gasteiger partial charge in [0.2, 0.25) is 0 Å². The van der Waals surface area contributed by atoms with Crippen LogP contribution in [0.3, 0.4) is 0 Å². The second kappa shape index (κ2) is 8.41. The predicted octanol–water partition coefficient (Wildman–Crippen LogP) is 4.03. The van der Waals surface area contributed by atoms with Crippen molar-refractivity contribution in [1.82, 2.24) is 4.90 Å². The molecular weight excluding hydrogens is 379 g/mol. The van der Waals surface area contributed by atoms with Crippen molar-refractivity contribution in [2.75, 3.05) is 19.4 Å². The summed E-state index contributed by atoms with van der Waals surface area (Å²) in [4.78, 5) is 14.2. The summed E-state index contributed by atoms with van der Waals surface area (Å²) >= 11 is 0.996. The number of thiophene rings is 1. The minimum absolute atomic E-state index is 0.194. The van der Waals surface area contributed by atoms with E-state index in [-0.39, 0.29) is 28.6 Å². The number of anilines is 1. The van der Waals surface area contributed by atoms with Gasteiger partial charge in [-0.2, -0.15) is 18.4 Å². The molecule has 0 bridgehead atoms. The number of esters is 1. The van der Waals surface area contributed by atoms with Crippen molar-refractivity contribution in [3.8, 4) is 6.07 Å². The number of hydrogen-bond acceptors (Lipinski definition) is 6. The lowest BCUT2D eigenvalue weighted by Crippen LogP contribution is -2.19. The Hall–Kier alpha value is -2.57. The minimum atomic E-state index is -4.38. The molecule has 2 aromatic rings. The van der Waals surface area contributed by atoms with Crippen LogP contribution in [0.25, 0.3) is 0 Å². The molecule has 0 saturated heterocycles. The maximum absolute atomic E-state index is 12.6. The van der Waals surface area contributed by atoms with Gasteiger partial charge in [0.15, 0.2) is 0 Å². The number of benzene rings is 1. The zero-order valence-corrected chi connectivity index (χ0v) is 15.6. The van der Waals surface area contributed by atoms with Crippen LogP contribution < -0.4 is 5.73 Å². The summed E-state index contributed by atoms with van der Waals surface area (Å²) in [7, 11) is 1.74. The largest absolute Gasteiger partial charge is 0.462 e. The third-order valence-corrected chi connectivity index (χ3v) is 4.81.